The van der Waals surface area contributed by atoms with Gasteiger partial charge >= 0.3 is 5.97 Å². The molecule has 0 atom stereocenters. The van der Waals surface area contributed by atoms with Gasteiger partial charge < -0.3 is 14.9 Å². The number of aliphatic carboxylic acids is 1. The Morgan fingerprint density at radius 1 is 1.25 bits per heavy atom. The summed E-state index contributed by atoms with van der Waals surface area (Å²) in [6, 6.07) is 8.91. The highest BCUT2D eigenvalue weighted by molar-refractivity contribution is 6.20. The highest BCUT2D eigenvalue weighted by Crippen LogP contribution is 2.36. The second-order valence-electron chi connectivity index (χ2n) is 5.07. The van der Waals surface area contributed by atoms with Gasteiger partial charge in [0.1, 0.15) is 0 Å². The number of carboxylic acids is 1. The Hall–Kier alpha value is -3.35. The largest absolute Gasteiger partial charge is 0.504 e. The second kappa shape index (κ2) is 6.82. The van der Waals surface area contributed by atoms with Gasteiger partial charge in [0, 0.05) is 11.6 Å². The van der Waals surface area contributed by atoms with E-state index in [2.05, 4.69) is 0 Å². The smallest absolute Gasteiger partial charge is 0.336 e. The molecule has 24 heavy (non-hydrogen) atoms. The number of aromatic hydroxyl groups is 1. The quantitative estimate of drug-likeness (QED) is 0.377. The van der Waals surface area contributed by atoms with E-state index >= 15 is 0 Å². The fourth-order valence-electron chi connectivity index (χ4n) is 2.14. The Kier molecular flexibility index (Phi) is 4.84. The van der Waals surface area contributed by atoms with E-state index in [4.69, 9.17) is 4.74 Å². The number of carboxylic acid groups (broad SMARTS) is 1. The molecule has 0 aliphatic carbocycles. The fraction of sp³-hybridized carbons (Fsp3) is 0.118. The second-order valence-corrected chi connectivity index (χ2v) is 5.07. The minimum absolute atomic E-state index is 0.0148. The first-order valence-electron chi connectivity index (χ1n) is 6.91. The lowest BCUT2D eigenvalue weighted by molar-refractivity contribution is -0.385. The molecule has 0 saturated heterocycles. The molecule has 0 saturated carbocycles. The SMILES string of the molecule is COc1cc([N+](=O)[O-])cc(/C=C(\C(=O)O)c2ccc(C)cc2)c1O. The number of ether oxygens (including phenoxy) is 1. The number of carbonyl (C=O) groups is 1. The fourth-order valence-corrected chi connectivity index (χ4v) is 2.14. The number of nitro groups is 1. The van der Waals surface area contributed by atoms with Crippen molar-refractivity contribution >= 4 is 23.3 Å². The van der Waals surface area contributed by atoms with Crippen molar-refractivity contribution in [2.75, 3.05) is 7.11 Å². The van der Waals surface area contributed by atoms with Crippen molar-refractivity contribution in [3.8, 4) is 11.5 Å². The summed E-state index contributed by atoms with van der Waals surface area (Å²) in [6.45, 7) is 1.87. The summed E-state index contributed by atoms with van der Waals surface area (Å²) in [5.74, 6) is -1.69. The molecular formula is C17H15NO6. The maximum atomic E-state index is 11.6. The standard InChI is InChI=1S/C17H15NO6/c1-10-3-5-11(6-4-10)14(17(20)21)8-12-7-13(18(22)23)9-15(24-2)16(12)19/h3-9,19H,1-2H3,(H,20,21)/b14-8-. The molecule has 0 fully saturated rings. The van der Waals surface area contributed by atoms with Gasteiger partial charge in [-0.05, 0) is 18.6 Å². The molecule has 0 aliphatic heterocycles. The lowest BCUT2D eigenvalue weighted by atomic mass is 10.0. The number of hydrogen-bond acceptors (Lipinski definition) is 5. The number of nitro benzene ring substituents is 1. The van der Waals surface area contributed by atoms with Crippen LogP contribution in [0.15, 0.2) is 36.4 Å². The highest BCUT2D eigenvalue weighted by atomic mass is 16.6. The number of rotatable bonds is 5. The van der Waals surface area contributed by atoms with Gasteiger partial charge in [-0.3, -0.25) is 10.1 Å². The molecule has 7 heteroatoms. The van der Waals surface area contributed by atoms with Gasteiger partial charge in [-0.2, -0.15) is 0 Å². The molecule has 0 bridgehead atoms. The van der Waals surface area contributed by atoms with Crippen LogP contribution in [0.5, 0.6) is 11.5 Å². The lowest BCUT2D eigenvalue weighted by Gasteiger charge is -2.08. The summed E-state index contributed by atoms with van der Waals surface area (Å²) < 4.78 is 4.91. The van der Waals surface area contributed by atoms with E-state index < -0.39 is 10.9 Å². The first kappa shape index (κ1) is 17.0. The predicted octanol–water partition coefficient (Wildman–Crippen LogP) is 3.24. The molecule has 0 radical (unpaired) electrons. The highest BCUT2D eigenvalue weighted by Gasteiger charge is 2.18. The topological polar surface area (TPSA) is 110 Å². The third-order valence-corrected chi connectivity index (χ3v) is 3.41. The molecule has 2 N–H and O–H groups in total. The first-order chi connectivity index (χ1) is 11.3. The summed E-state index contributed by atoms with van der Waals surface area (Å²) in [5, 5.41) is 30.6. The molecule has 0 aromatic heterocycles. The zero-order valence-electron chi connectivity index (χ0n) is 13.0. The Morgan fingerprint density at radius 2 is 1.88 bits per heavy atom. The van der Waals surface area contributed by atoms with E-state index in [1.165, 1.54) is 13.2 Å². The molecule has 0 amide bonds. The van der Waals surface area contributed by atoms with E-state index in [-0.39, 0.29) is 28.3 Å². The van der Waals surface area contributed by atoms with E-state index in [9.17, 15) is 25.1 Å². The van der Waals surface area contributed by atoms with Gasteiger partial charge in [0.25, 0.3) is 5.69 Å². The maximum absolute atomic E-state index is 11.6. The first-order valence-corrected chi connectivity index (χ1v) is 6.91. The Morgan fingerprint density at radius 3 is 2.38 bits per heavy atom. The summed E-state index contributed by atoms with van der Waals surface area (Å²) in [4.78, 5) is 21.9. The average Bonchev–Trinajstić information content (AvgIpc) is 2.54. The molecule has 2 aromatic carbocycles. The van der Waals surface area contributed by atoms with Crippen LogP contribution in [0.4, 0.5) is 5.69 Å². The molecule has 0 aliphatic rings. The van der Waals surface area contributed by atoms with Crippen molar-refractivity contribution in [1.29, 1.82) is 0 Å². The Bertz CT molecular complexity index is 824. The summed E-state index contributed by atoms with van der Waals surface area (Å²) in [7, 11) is 1.25. The molecule has 0 spiro atoms. The molecule has 0 unspecified atom stereocenters. The predicted molar refractivity (Wildman–Crippen MR) is 88.0 cm³/mol. The van der Waals surface area contributed by atoms with Crippen molar-refractivity contribution in [2.24, 2.45) is 0 Å². The van der Waals surface area contributed by atoms with Gasteiger partial charge in [-0.1, -0.05) is 29.8 Å². The number of phenolic OH excluding ortho intramolecular Hbond substituents is 1. The molecule has 2 rings (SSSR count). The monoisotopic (exact) mass is 329 g/mol. The summed E-state index contributed by atoms with van der Waals surface area (Å²) >= 11 is 0. The van der Waals surface area contributed by atoms with E-state index in [1.54, 1.807) is 24.3 Å². The number of aryl methyl sites for hydroxylation is 1. The van der Waals surface area contributed by atoms with Crippen LogP contribution in [-0.4, -0.2) is 28.2 Å². The van der Waals surface area contributed by atoms with E-state index in [0.717, 1.165) is 17.7 Å². The van der Waals surface area contributed by atoms with Gasteiger partial charge in [0.15, 0.2) is 11.5 Å². The number of benzene rings is 2. The molecule has 2 aromatic rings. The van der Waals surface area contributed by atoms with E-state index in [1.807, 2.05) is 6.92 Å². The Balaban J connectivity index is 2.65. The number of methoxy groups -OCH3 is 1. The van der Waals surface area contributed by atoms with Crippen LogP contribution in [0.2, 0.25) is 0 Å². The number of nitrogens with zero attached hydrogens (tertiary/aromatic N) is 1. The van der Waals surface area contributed by atoms with Crippen LogP contribution in [0.25, 0.3) is 11.6 Å². The average molecular weight is 329 g/mol. The normalized spacial score (nSPS) is 11.2. The maximum Gasteiger partial charge on any atom is 0.336 e. The van der Waals surface area contributed by atoms with Crippen molar-refractivity contribution in [3.05, 3.63) is 63.2 Å². The lowest BCUT2D eigenvalue weighted by Crippen LogP contribution is -2.00. The zero-order chi connectivity index (χ0) is 17.9. The molecule has 7 nitrogen and oxygen atoms in total. The summed E-state index contributed by atoms with van der Waals surface area (Å²) in [6.07, 6.45) is 1.18. The van der Waals surface area contributed by atoms with Gasteiger partial charge in [0.05, 0.1) is 23.7 Å². The number of non-ortho nitro benzene ring substituents is 1. The van der Waals surface area contributed by atoms with Crippen LogP contribution in [0.3, 0.4) is 0 Å². The van der Waals surface area contributed by atoms with Crippen LogP contribution in [0, 0.1) is 17.0 Å². The third-order valence-electron chi connectivity index (χ3n) is 3.41. The molecule has 0 heterocycles. The van der Waals surface area contributed by atoms with Crippen molar-refractivity contribution in [2.45, 2.75) is 6.92 Å². The zero-order valence-corrected chi connectivity index (χ0v) is 13.0. The minimum Gasteiger partial charge on any atom is -0.504 e. The molecule has 124 valence electrons. The van der Waals surface area contributed by atoms with Crippen molar-refractivity contribution in [3.63, 3.8) is 0 Å². The molecular weight excluding hydrogens is 314 g/mol. The van der Waals surface area contributed by atoms with Crippen LogP contribution in [0.1, 0.15) is 16.7 Å². The van der Waals surface area contributed by atoms with Crippen LogP contribution >= 0.6 is 0 Å². The van der Waals surface area contributed by atoms with Gasteiger partial charge in [-0.15, -0.1) is 0 Å². The van der Waals surface area contributed by atoms with E-state index in [0.29, 0.717) is 5.56 Å². The van der Waals surface area contributed by atoms with Crippen LogP contribution < -0.4 is 4.74 Å². The Labute approximate surface area is 137 Å². The number of phenols is 1. The van der Waals surface area contributed by atoms with Gasteiger partial charge in [0.2, 0.25) is 0 Å². The summed E-state index contributed by atoms with van der Waals surface area (Å²) in [5.41, 5.74) is 0.942. The van der Waals surface area contributed by atoms with Crippen LogP contribution in [-0.2, 0) is 4.79 Å². The van der Waals surface area contributed by atoms with Gasteiger partial charge in [-0.25, -0.2) is 4.79 Å². The third kappa shape index (κ3) is 3.52. The van der Waals surface area contributed by atoms with Crippen molar-refractivity contribution < 1.29 is 24.7 Å². The number of hydrogen-bond donors (Lipinski definition) is 2. The van der Waals surface area contributed by atoms with Crippen molar-refractivity contribution in [1.82, 2.24) is 0 Å². The minimum atomic E-state index is -1.22.